The Balaban J connectivity index is 1.44. The molecule has 154 valence electrons. The molecule has 29 heavy (non-hydrogen) atoms. The van der Waals surface area contributed by atoms with E-state index >= 15 is 0 Å². The van der Waals surface area contributed by atoms with Crippen molar-refractivity contribution in [2.45, 2.75) is 26.3 Å². The lowest BCUT2D eigenvalue weighted by atomic mass is 9.96. The number of phenols is 1. The van der Waals surface area contributed by atoms with Crippen LogP contribution in [-0.4, -0.2) is 41.8 Å². The molecular weight excluding hydrogens is 434 g/mol. The number of phenolic OH excluding ortho intramolecular Hbond substituents is 1. The Labute approximate surface area is 179 Å². The molecule has 0 radical (unpaired) electrons. The molecule has 2 aromatic carbocycles. The summed E-state index contributed by atoms with van der Waals surface area (Å²) in [5.74, 6) is 0.408. The largest absolute Gasteiger partial charge is 0.504 e. The Hall–Kier alpha value is -2.38. The summed E-state index contributed by atoms with van der Waals surface area (Å²) in [4.78, 5) is 14.8. The van der Waals surface area contributed by atoms with Gasteiger partial charge < -0.3 is 9.84 Å². The van der Waals surface area contributed by atoms with Crippen LogP contribution in [0.1, 0.15) is 30.9 Å². The van der Waals surface area contributed by atoms with E-state index in [2.05, 4.69) is 55.6 Å². The minimum absolute atomic E-state index is 0.0259. The van der Waals surface area contributed by atoms with E-state index in [0.29, 0.717) is 17.9 Å². The minimum Gasteiger partial charge on any atom is -0.504 e. The van der Waals surface area contributed by atoms with Crippen molar-refractivity contribution < 1.29 is 14.6 Å². The number of amides is 1. The van der Waals surface area contributed by atoms with Gasteiger partial charge in [-0.3, -0.25) is 9.69 Å². The van der Waals surface area contributed by atoms with Crippen molar-refractivity contribution in [3.63, 3.8) is 0 Å². The first-order chi connectivity index (χ1) is 14.0. The molecule has 1 heterocycles. The van der Waals surface area contributed by atoms with Gasteiger partial charge in [-0.05, 0) is 74.3 Å². The molecule has 0 atom stereocenters. The van der Waals surface area contributed by atoms with Crippen LogP contribution in [0, 0.1) is 5.92 Å². The van der Waals surface area contributed by atoms with Crippen molar-refractivity contribution in [1.29, 1.82) is 0 Å². The van der Waals surface area contributed by atoms with Crippen LogP contribution in [-0.2, 0) is 11.3 Å². The van der Waals surface area contributed by atoms with Gasteiger partial charge in [0, 0.05) is 16.9 Å². The van der Waals surface area contributed by atoms with Gasteiger partial charge in [-0.25, -0.2) is 5.43 Å². The molecule has 1 fully saturated rings. The van der Waals surface area contributed by atoms with Gasteiger partial charge in [0.15, 0.2) is 11.5 Å². The third kappa shape index (κ3) is 6.30. The van der Waals surface area contributed by atoms with Crippen LogP contribution in [0.15, 0.2) is 52.0 Å². The molecule has 2 N–H and O–H groups in total. The second-order valence-electron chi connectivity index (χ2n) is 7.07. The number of rotatable bonds is 7. The van der Waals surface area contributed by atoms with E-state index in [1.807, 2.05) is 6.92 Å². The molecule has 1 aliphatic heterocycles. The zero-order chi connectivity index (χ0) is 20.6. The van der Waals surface area contributed by atoms with E-state index in [4.69, 9.17) is 4.74 Å². The standard InChI is InChI=1S/C22H26BrN3O3/c1-2-29-21-8-5-17(13-20(21)27)14-24-25-22(28)18-9-11-26(12-10-18)15-16-3-6-19(23)7-4-16/h3-8,13-14,18,27H,2,9-12,15H2,1H3,(H,25,28)/b24-14-. The molecule has 0 saturated carbocycles. The maximum atomic E-state index is 12.4. The maximum absolute atomic E-state index is 12.4. The molecule has 1 aliphatic rings. The van der Waals surface area contributed by atoms with Gasteiger partial charge in [0.25, 0.3) is 0 Å². The summed E-state index contributed by atoms with van der Waals surface area (Å²) < 4.78 is 6.38. The minimum atomic E-state index is -0.0558. The van der Waals surface area contributed by atoms with Gasteiger partial charge in [0.2, 0.25) is 5.91 Å². The Morgan fingerprint density at radius 1 is 1.28 bits per heavy atom. The second kappa shape index (κ2) is 10.4. The first kappa shape index (κ1) is 21.3. The summed E-state index contributed by atoms with van der Waals surface area (Å²) in [5.41, 5.74) is 4.59. The highest BCUT2D eigenvalue weighted by Gasteiger charge is 2.24. The van der Waals surface area contributed by atoms with E-state index in [0.717, 1.165) is 36.9 Å². The van der Waals surface area contributed by atoms with Crippen LogP contribution in [0.3, 0.4) is 0 Å². The van der Waals surface area contributed by atoms with Crippen molar-refractivity contribution in [1.82, 2.24) is 10.3 Å². The Morgan fingerprint density at radius 3 is 2.66 bits per heavy atom. The number of halogens is 1. The highest BCUT2D eigenvalue weighted by atomic mass is 79.9. The lowest BCUT2D eigenvalue weighted by Crippen LogP contribution is -2.39. The molecular formula is C22H26BrN3O3. The quantitative estimate of drug-likeness (QED) is 0.486. The molecule has 2 aromatic rings. The van der Waals surface area contributed by atoms with E-state index in [1.165, 1.54) is 11.8 Å². The molecule has 7 heteroatoms. The molecule has 1 amide bonds. The zero-order valence-electron chi connectivity index (χ0n) is 16.5. The summed E-state index contributed by atoms with van der Waals surface area (Å²) in [7, 11) is 0. The van der Waals surface area contributed by atoms with Crippen LogP contribution in [0.5, 0.6) is 11.5 Å². The van der Waals surface area contributed by atoms with Crippen molar-refractivity contribution in [2.24, 2.45) is 11.0 Å². The highest BCUT2D eigenvalue weighted by Crippen LogP contribution is 2.26. The second-order valence-corrected chi connectivity index (χ2v) is 7.99. The summed E-state index contributed by atoms with van der Waals surface area (Å²) in [6, 6.07) is 13.4. The van der Waals surface area contributed by atoms with Gasteiger partial charge in [0.05, 0.1) is 12.8 Å². The predicted molar refractivity (Wildman–Crippen MR) is 117 cm³/mol. The number of benzene rings is 2. The third-order valence-corrected chi connectivity index (χ3v) is 5.48. The summed E-state index contributed by atoms with van der Waals surface area (Å²) in [6.45, 7) is 5.03. The van der Waals surface area contributed by atoms with E-state index in [9.17, 15) is 9.90 Å². The SMILES string of the molecule is CCOc1ccc(/C=N\NC(=O)C2CCN(Cc3ccc(Br)cc3)CC2)cc1O. The first-order valence-corrected chi connectivity index (χ1v) is 10.6. The van der Waals surface area contributed by atoms with Gasteiger partial charge in [-0.2, -0.15) is 5.10 Å². The van der Waals surface area contributed by atoms with Crippen molar-refractivity contribution in [3.05, 3.63) is 58.1 Å². The number of hydrogen-bond acceptors (Lipinski definition) is 5. The zero-order valence-corrected chi connectivity index (χ0v) is 18.1. The molecule has 3 rings (SSSR count). The number of carbonyl (C=O) groups is 1. The summed E-state index contributed by atoms with van der Waals surface area (Å²) >= 11 is 3.46. The number of aromatic hydroxyl groups is 1. The molecule has 1 saturated heterocycles. The number of nitrogens with one attached hydrogen (secondary N) is 1. The van der Waals surface area contributed by atoms with E-state index in [1.54, 1.807) is 18.2 Å². The smallest absolute Gasteiger partial charge is 0.243 e. The van der Waals surface area contributed by atoms with Gasteiger partial charge >= 0.3 is 0 Å². The average molecular weight is 460 g/mol. The monoisotopic (exact) mass is 459 g/mol. The lowest BCUT2D eigenvalue weighted by Gasteiger charge is -2.30. The molecule has 0 aliphatic carbocycles. The first-order valence-electron chi connectivity index (χ1n) is 9.80. The number of hydrazone groups is 1. The fourth-order valence-corrected chi connectivity index (χ4v) is 3.62. The Morgan fingerprint density at radius 2 is 2.00 bits per heavy atom. The molecule has 0 aromatic heterocycles. The average Bonchev–Trinajstić information content (AvgIpc) is 2.72. The Kier molecular flexibility index (Phi) is 7.66. The van der Waals surface area contributed by atoms with E-state index < -0.39 is 0 Å². The van der Waals surface area contributed by atoms with Crippen LogP contribution in [0.4, 0.5) is 0 Å². The van der Waals surface area contributed by atoms with Gasteiger partial charge in [-0.1, -0.05) is 28.1 Å². The normalized spacial score (nSPS) is 15.5. The highest BCUT2D eigenvalue weighted by molar-refractivity contribution is 9.10. The summed E-state index contributed by atoms with van der Waals surface area (Å²) in [5, 5.41) is 13.9. The van der Waals surface area contributed by atoms with Gasteiger partial charge in [-0.15, -0.1) is 0 Å². The predicted octanol–water partition coefficient (Wildman–Crippen LogP) is 3.92. The molecule has 0 bridgehead atoms. The number of carbonyl (C=O) groups excluding carboxylic acids is 1. The third-order valence-electron chi connectivity index (χ3n) is 4.95. The fraction of sp³-hybridized carbons (Fsp3) is 0.364. The van der Waals surface area contributed by atoms with Gasteiger partial charge in [0.1, 0.15) is 0 Å². The lowest BCUT2D eigenvalue weighted by molar-refractivity contribution is -0.126. The molecule has 0 spiro atoms. The number of nitrogens with zero attached hydrogens (tertiary/aromatic N) is 2. The number of ether oxygens (including phenoxy) is 1. The molecule has 6 nitrogen and oxygen atoms in total. The number of piperidine rings is 1. The number of likely N-dealkylation sites (tertiary alicyclic amines) is 1. The van der Waals surface area contributed by atoms with Crippen LogP contribution in [0.25, 0.3) is 0 Å². The fourth-order valence-electron chi connectivity index (χ4n) is 3.36. The van der Waals surface area contributed by atoms with Crippen LogP contribution >= 0.6 is 15.9 Å². The van der Waals surface area contributed by atoms with E-state index in [-0.39, 0.29) is 17.6 Å². The van der Waals surface area contributed by atoms with Crippen LogP contribution < -0.4 is 10.2 Å². The topological polar surface area (TPSA) is 74.2 Å². The van der Waals surface area contributed by atoms with Crippen molar-refractivity contribution in [3.8, 4) is 11.5 Å². The van der Waals surface area contributed by atoms with Crippen molar-refractivity contribution >= 4 is 28.1 Å². The van der Waals surface area contributed by atoms with Crippen LogP contribution in [0.2, 0.25) is 0 Å². The Bertz CT molecular complexity index is 847. The van der Waals surface area contributed by atoms with Crippen molar-refractivity contribution in [2.75, 3.05) is 19.7 Å². The molecule has 0 unspecified atom stereocenters. The summed E-state index contributed by atoms with van der Waals surface area (Å²) in [6.07, 6.45) is 3.17. The number of hydrogen-bond donors (Lipinski definition) is 2. The maximum Gasteiger partial charge on any atom is 0.243 e.